The molecule has 3 rings (SSSR count). The summed E-state index contributed by atoms with van der Waals surface area (Å²) in [5.74, 6) is 0. The minimum Gasteiger partial charge on any atom is -0.314 e. The highest BCUT2D eigenvalue weighted by molar-refractivity contribution is 6.31. The summed E-state index contributed by atoms with van der Waals surface area (Å²) in [5, 5.41) is 4.36. The van der Waals surface area contributed by atoms with Gasteiger partial charge in [0.25, 0.3) is 0 Å². The van der Waals surface area contributed by atoms with Gasteiger partial charge in [-0.05, 0) is 30.0 Å². The molecule has 0 bridgehead atoms. The van der Waals surface area contributed by atoms with E-state index in [9.17, 15) is 0 Å². The SMILES string of the molecule is Clc1cccc2c1CCC2N1CCNCC1. The summed E-state index contributed by atoms with van der Waals surface area (Å²) in [6.45, 7) is 4.56. The molecule has 1 atom stereocenters. The molecule has 0 saturated carbocycles. The van der Waals surface area contributed by atoms with Gasteiger partial charge in [0, 0.05) is 37.2 Å². The fourth-order valence-corrected chi connectivity index (χ4v) is 3.24. The fraction of sp³-hybridized carbons (Fsp3) is 0.538. The van der Waals surface area contributed by atoms with E-state index in [1.165, 1.54) is 17.5 Å². The second-order valence-corrected chi connectivity index (χ2v) is 5.06. The molecule has 0 spiro atoms. The Kier molecular flexibility index (Phi) is 2.88. The lowest BCUT2D eigenvalue weighted by molar-refractivity contribution is 0.173. The molecule has 1 heterocycles. The van der Waals surface area contributed by atoms with Crippen molar-refractivity contribution in [3.05, 3.63) is 34.3 Å². The lowest BCUT2D eigenvalue weighted by Gasteiger charge is -2.33. The van der Waals surface area contributed by atoms with Crippen LogP contribution in [-0.4, -0.2) is 31.1 Å². The van der Waals surface area contributed by atoms with Gasteiger partial charge < -0.3 is 5.32 Å². The molecule has 1 N–H and O–H groups in total. The average molecular weight is 237 g/mol. The average Bonchev–Trinajstić information content (AvgIpc) is 2.75. The number of piperazine rings is 1. The molecule has 1 aromatic rings. The van der Waals surface area contributed by atoms with E-state index in [0.29, 0.717) is 6.04 Å². The lowest BCUT2D eigenvalue weighted by atomic mass is 10.1. The molecule has 16 heavy (non-hydrogen) atoms. The molecule has 86 valence electrons. The zero-order chi connectivity index (χ0) is 11.0. The van der Waals surface area contributed by atoms with Crippen molar-refractivity contribution in [1.82, 2.24) is 10.2 Å². The van der Waals surface area contributed by atoms with E-state index in [4.69, 9.17) is 11.6 Å². The zero-order valence-corrected chi connectivity index (χ0v) is 10.1. The summed E-state index contributed by atoms with van der Waals surface area (Å²) in [6, 6.07) is 6.96. The maximum atomic E-state index is 6.24. The minimum absolute atomic E-state index is 0.607. The van der Waals surface area contributed by atoms with Gasteiger partial charge in [-0.1, -0.05) is 23.7 Å². The molecule has 1 saturated heterocycles. The minimum atomic E-state index is 0.607. The molecule has 0 radical (unpaired) electrons. The van der Waals surface area contributed by atoms with Gasteiger partial charge in [-0.2, -0.15) is 0 Å². The highest BCUT2D eigenvalue weighted by atomic mass is 35.5. The number of benzene rings is 1. The number of nitrogens with zero attached hydrogens (tertiary/aromatic N) is 1. The van der Waals surface area contributed by atoms with E-state index >= 15 is 0 Å². The van der Waals surface area contributed by atoms with E-state index in [2.05, 4.69) is 22.3 Å². The van der Waals surface area contributed by atoms with E-state index < -0.39 is 0 Å². The van der Waals surface area contributed by atoms with E-state index in [0.717, 1.165) is 37.6 Å². The number of hydrogen-bond donors (Lipinski definition) is 1. The van der Waals surface area contributed by atoms with Crippen LogP contribution in [-0.2, 0) is 6.42 Å². The van der Waals surface area contributed by atoms with Crippen LogP contribution >= 0.6 is 11.6 Å². The van der Waals surface area contributed by atoms with Crippen LogP contribution in [0.2, 0.25) is 5.02 Å². The molecule has 2 nitrogen and oxygen atoms in total. The normalized spacial score (nSPS) is 25.7. The van der Waals surface area contributed by atoms with Gasteiger partial charge in [0.2, 0.25) is 0 Å². The molecule has 1 unspecified atom stereocenters. The Bertz CT molecular complexity index is 386. The Labute approximate surface area is 102 Å². The third kappa shape index (κ3) is 1.75. The fourth-order valence-electron chi connectivity index (χ4n) is 2.96. The lowest BCUT2D eigenvalue weighted by Crippen LogP contribution is -2.44. The second-order valence-electron chi connectivity index (χ2n) is 4.65. The van der Waals surface area contributed by atoms with Crippen molar-refractivity contribution >= 4 is 11.6 Å². The molecular weight excluding hydrogens is 220 g/mol. The smallest absolute Gasteiger partial charge is 0.0441 e. The van der Waals surface area contributed by atoms with E-state index in [1.54, 1.807) is 0 Å². The molecule has 1 aromatic carbocycles. The number of hydrogen-bond acceptors (Lipinski definition) is 2. The van der Waals surface area contributed by atoms with Crippen LogP contribution in [0.4, 0.5) is 0 Å². The summed E-state index contributed by atoms with van der Waals surface area (Å²) in [5.41, 5.74) is 2.85. The van der Waals surface area contributed by atoms with Crippen molar-refractivity contribution in [3.63, 3.8) is 0 Å². The Morgan fingerprint density at radius 2 is 2.06 bits per heavy atom. The van der Waals surface area contributed by atoms with Crippen LogP contribution in [0.15, 0.2) is 18.2 Å². The van der Waals surface area contributed by atoms with Crippen molar-refractivity contribution in [1.29, 1.82) is 0 Å². The third-order valence-electron chi connectivity index (χ3n) is 3.77. The van der Waals surface area contributed by atoms with Crippen LogP contribution in [0.1, 0.15) is 23.6 Å². The first-order chi connectivity index (χ1) is 7.86. The van der Waals surface area contributed by atoms with Crippen molar-refractivity contribution in [2.75, 3.05) is 26.2 Å². The van der Waals surface area contributed by atoms with Crippen molar-refractivity contribution in [2.24, 2.45) is 0 Å². The van der Waals surface area contributed by atoms with E-state index in [-0.39, 0.29) is 0 Å². The second kappa shape index (κ2) is 4.36. The summed E-state index contributed by atoms with van der Waals surface area (Å²) in [6.07, 6.45) is 2.38. The summed E-state index contributed by atoms with van der Waals surface area (Å²) in [7, 11) is 0. The van der Waals surface area contributed by atoms with Gasteiger partial charge in [0.15, 0.2) is 0 Å². The molecule has 3 heteroatoms. The maximum absolute atomic E-state index is 6.24. The first kappa shape index (κ1) is 10.6. The summed E-state index contributed by atoms with van der Waals surface area (Å²) < 4.78 is 0. The van der Waals surface area contributed by atoms with Crippen LogP contribution < -0.4 is 5.32 Å². The Morgan fingerprint density at radius 1 is 1.25 bits per heavy atom. The Hall–Kier alpha value is -0.570. The molecule has 1 fully saturated rings. The molecule has 0 aromatic heterocycles. The monoisotopic (exact) mass is 236 g/mol. The summed E-state index contributed by atoms with van der Waals surface area (Å²) >= 11 is 6.24. The number of halogens is 1. The quantitative estimate of drug-likeness (QED) is 0.805. The zero-order valence-electron chi connectivity index (χ0n) is 9.38. The van der Waals surface area contributed by atoms with Gasteiger partial charge in [0.05, 0.1) is 0 Å². The van der Waals surface area contributed by atoms with Crippen LogP contribution in [0.25, 0.3) is 0 Å². The maximum Gasteiger partial charge on any atom is 0.0441 e. The van der Waals surface area contributed by atoms with Crippen LogP contribution in [0.5, 0.6) is 0 Å². The first-order valence-corrected chi connectivity index (χ1v) is 6.46. The van der Waals surface area contributed by atoms with E-state index in [1.807, 2.05) is 6.07 Å². The molecule has 0 amide bonds. The predicted molar refractivity (Wildman–Crippen MR) is 67.0 cm³/mol. The van der Waals surface area contributed by atoms with Gasteiger partial charge in [-0.25, -0.2) is 0 Å². The molecular formula is C13H17ClN2. The number of fused-ring (bicyclic) bond motifs is 1. The third-order valence-corrected chi connectivity index (χ3v) is 4.13. The van der Waals surface area contributed by atoms with Gasteiger partial charge in [-0.15, -0.1) is 0 Å². The first-order valence-electron chi connectivity index (χ1n) is 6.08. The van der Waals surface area contributed by atoms with Crippen molar-refractivity contribution in [3.8, 4) is 0 Å². The Morgan fingerprint density at radius 3 is 2.88 bits per heavy atom. The molecule has 2 aliphatic rings. The summed E-state index contributed by atoms with van der Waals surface area (Å²) in [4.78, 5) is 2.60. The van der Waals surface area contributed by atoms with Crippen molar-refractivity contribution in [2.45, 2.75) is 18.9 Å². The van der Waals surface area contributed by atoms with Gasteiger partial charge in [0.1, 0.15) is 0 Å². The molecule has 1 aliphatic heterocycles. The van der Waals surface area contributed by atoms with Crippen LogP contribution in [0, 0.1) is 0 Å². The standard InChI is InChI=1S/C13H17ClN2/c14-12-3-1-2-11-10(12)4-5-13(11)16-8-6-15-7-9-16/h1-3,13,15H,4-9H2. The predicted octanol–water partition coefficient (Wildman–Crippen LogP) is 2.23. The van der Waals surface area contributed by atoms with Crippen LogP contribution in [0.3, 0.4) is 0 Å². The highest BCUT2D eigenvalue weighted by Crippen LogP contribution is 2.38. The molecule has 1 aliphatic carbocycles. The number of nitrogens with one attached hydrogen (secondary N) is 1. The van der Waals surface area contributed by atoms with Crippen molar-refractivity contribution < 1.29 is 0 Å². The largest absolute Gasteiger partial charge is 0.314 e. The Balaban J connectivity index is 1.87. The number of rotatable bonds is 1. The highest BCUT2D eigenvalue weighted by Gasteiger charge is 2.29. The van der Waals surface area contributed by atoms with Gasteiger partial charge in [-0.3, -0.25) is 4.90 Å². The topological polar surface area (TPSA) is 15.3 Å². The van der Waals surface area contributed by atoms with Gasteiger partial charge >= 0.3 is 0 Å².